The van der Waals surface area contributed by atoms with Gasteiger partial charge in [0.15, 0.2) is 0 Å². The van der Waals surface area contributed by atoms with Crippen LogP contribution in [0.1, 0.15) is 22.3 Å². The molecule has 0 aliphatic carbocycles. The SMILES string of the molecule is O=C(O)c1ccc(-c2cccc(Cl)c2)c(C(F)F)c1. The quantitative estimate of drug-likeness (QED) is 0.890. The summed E-state index contributed by atoms with van der Waals surface area (Å²) in [6.07, 6.45) is -2.76. The molecule has 0 heterocycles. The third kappa shape index (κ3) is 2.90. The molecule has 0 amide bonds. The average Bonchev–Trinajstić information content (AvgIpc) is 2.37. The third-order valence-electron chi connectivity index (χ3n) is 2.67. The zero-order chi connectivity index (χ0) is 14.0. The first kappa shape index (κ1) is 13.5. The van der Waals surface area contributed by atoms with Gasteiger partial charge in [0.25, 0.3) is 6.43 Å². The molecule has 0 atom stereocenters. The number of hydrogen-bond acceptors (Lipinski definition) is 1. The van der Waals surface area contributed by atoms with Crippen LogP contribution in [0.5, 0.6) is 0 Å². The van der Waals surface area contributed by atoms with E-state index in [0.717, 1.165) is 6.07 Å². The van der Waals surface area contributed by atoms with Crippen LogP contribution in [0.25, 0.3) is 11.1 Å². The fourth-order valence-electron chi connectivity index (χ4n) is 1.80. The fraction of sp³-hybridized carbons (Fsp3) is 0.0714. The molecule has 0 saturated carbocycles. The number of aromatic carboxylic acids is 1. The van der Waals surface area contributed by atoms with Gasteiger partial charge in [-0.3, -0.25) is 0 Å². The number of carboxylic acids is 1. The maximum absolute atomic E-state index is 13.0. The van der Waals surface area contributed by atoms with Crippen LogP contribution < -0.4 is 0 Å². The molecule has 0 fully saturated rings. The average molecular weight is 283 g/mol. The van der Waals surface area contributed by atoms with Crippen molar-refractivity contribution in [1.29, 1.82) is 0 Å². The molecule has 0 bridgehead atoms. The van der Waals surface area contributed by atoms with Crippen LogP contribution in [0.4, 0.5) is 8.78 Å². The summed E-state index contributed by atoms with van der Waals surface area (Å²) in [4.78, 5) is 10.8. The van der Waals surface area contributed by atoms with Gasteiger partial charge in [-0.15, -0.1) is 0 Å². The standard InChI is InChI=1S/C14H9ClF2O2/c15-10-3-1-2-8(6-10)11-5-4-9(14(18)19)7-12(11)13(16)17/h1-7,13H,(H,18,19). The topological polar surface area (TPSA) is 37.3 Å². The molecule has 2 rings (SSSR count). The lowest BCUT2D eigenvalue weighted by atomic mass is 9.97. The highest BCUT2D eigenvalue weighted by atomic mass is 35.5. The maximum atomic E-state index is 13.0. The number of alkyl halides is 2. The van der Waals surface area contributed by atoms with E-state index in [1.54, 1.807) is 24.3 Å². The lowest BCUT2D eigenvalue weighted by Gasteiger charge is -2.10. The summed E-state index contributed by atoms with van der Waals surface area (Å²) in [5, 5.41) is 9.26. The van der Waals surface area contributed by atoms with Crippen LogP contribution in [0.15, 0.2) is 42.5 Å². The summed E-state index contributed by atoms with van der Waals surface area (Å²) in [7, 11) is 0. The van der Waals surface area contributed by atoms with Gasteiger partial charge in [-0.2, -0.15) is 0 Å². The van der Waals surface area contributed by atoms with Crippen molar-refractivity contribution in [2.24, 2.45) is 0 Å². The molecule has 0 spiro atoms. The van der Waals surface area contributed by atoms with Gasteiger partial charge in [-0.05, 0) is 35.4 Å². The van der Waals surface area contributed by atoms with E-state index in [4.69, 9.17) is 16.7 Å². The van der Waals surface area contributed by atoms with Gasteiger partial charge in [0.2, 0.25) is 0 Å². The van der Waals surface area contributed by atoms with E-state index in [1.165, 1.54) is 12.1 Å². The van der Waals surface area contributed by atoms with Crippen molar-refractivity contribution in [2.75, 3.05) is 0 Å². The van der Waals surface area contributed by atoms with Crippen molar-refractivity contribution < 1.29 is 18.7 Å². The minimum atomic E-state index is -2.76. The lowest BCUT2D eigenvalue weighted by Crippen LogP contribution is -1.99. The number of carbonyl (C=O) groups is 1. The largest absolute Gasteiger partial charge is 0.478 e. The van der Waals surface area contributed by atoms with Gasteiger partial charge in [0, 0.05) is 10.6 Å². The molecule has 0 saturated heterocycles. The summed E-state index contributed by atoms with van der Waals surface area (Å²) in [5.41, 5.74) is 0.325. The zero-order valence-electron chi connectivity index (χ0n) is 9.61. The second kappa shape index (κ2) is 5.36. The molecule has 2 aromatic rings. The van der Waals surface area contributed by atoms with E-state index in [1.807, 2.05) is 0 Å². The molecular weight excluding hydrogens is 274 g/mol. The van der Waals surface area contributed by atoms with Gasteiger partial charge >= 0.3 is 5.97 Å². The van der Waals surface area contributed by atoms with Crippen LogP contribution in [0.3, 0.4) is 0 Å². The van der Waals surface area contributed by atoms with Gasteiger partial charge in [-0.25, -0.2) is 13.6 Å². The molecular formula is C14H9ClF2O2. The summed E-state index contributed by atoms with van der Waals surface area (Å²) in [6, 6.07) is 10.2. The number of hydrogen-bond donors (Lipinski definition) is 1. The third-order valence-corrected chi connectivity index (χ3v) is 2.90. The van der Waals surface area contributed by atoms with E-state index in [9.17, 15) is 13.6 Å². The zero-order valence-corrected chi connectivity index (χ0v) is 10.4. The first-order valence-corrected chi connectivity index (χ1v) is 5.78. The Kier molecular flexibility index (Phi) is 3.81. The molecule has 1 N–H and O–H groups in total. The molecule has 0 unspecified atom stereocenters. The van der Waals surface area contributed by atoms with Crippen molar-refractivity contribution in [3.8, 4) is 11.1 Å². The van der Waals surface area contributed by atoms with Crippen molar-refractivity contribution in [3.63, 3.8) is 0 Å². The highest BCUT2D eigenvalue weighted by molar-refractivity contribution is 6.30. The van der Waals surface area contributed by atoms with Gasteiger partial charge < -0.3 is 5.11 Å². The number of benzene rings is 2. The molecule has 2 nitrogen and oxygen atoms in total. The highest BCUT2D eigenvalue weighted by Gasteiger charge is 2.17. The summed E-state index contributed by atoms with van der Waals surface area (Å²) >= 11 is 5.83. The van der Waals surface area contributed by atoms with E-state index in [-0.39, 0.29) is 16.7 Å². The second-order valence-corrected chi connectivity index (χ2v) is 4.35. The molecule has 98 valence electrons. The number of halogens is 3. The second-order valence-electron chi connectivity index (χ2n) is 3.92. The van der Waals surface area contributed by atoms with E-state index in [0.29, 0.717) is 10.6 Å². The Balaban J connectivity index is 2.60. The van der Waals surface area contributed by atoms with Crippen molar-refractivity contribution in [3.05, 3.63) is 58.6 Å². The molecule has 0 aliphatic heterocycles. The molecule has 2 aromatic carbocycles. The summed E-state index contributed by atoms with van der Waals surface area (Å²) in [5.74, 6) is -1.24. The molecule has 0 aliphatic rings. The van der Waals surface area contributed by atoms with Gasteiger partial charge in [0.1, 0.15) is 0 Å². The fourth-order valence-corrected chi connectivity index (χ4v) is 1.99. The van der Waals surface area contributed by atoms with Gasteiger partial charge in [0.05, 0.1) is 5.56 Å². The first-order chi connectivity index (χ1) is 8.99. The molecule has 19 heavy (non-hydrogen) atoms. The van der Waals surface area contributed by atoms with Crippen LogP contribution in [0, 0.1) is 0 Å². The van der Waals surface area contributed by atoms with Crippen molar-refractivity contribution >= 4 is 17.6 Å². The van der Waals surface area contributed by atoms with Crippen LogP contribution >= 0.6 is 11.6 Å². The van der Waals surface area contributed by atoms with Crippen LogP contribution in [0.2, 0.25) is 5.02 Å². The summed E-state index contributed by atoms with van der Waals surface area (Å²) in [6.45, 7) is 0. The van der Waals surface area contributed by atoms with Crippen molar-refractivity contribution in [2.45, 2.75) is 6.43 Å². The monoisotopic (exact) mass is 282 g/mol. The Morgan fingerprint density at radius 3 is 2.47 bits per heavy atom. The predicted molar refractivity (Wildman–Crippen MR) is 68.8 cm³/mol. The molecule has 5 heteroatoms. The lowest BCUT2D eigenvalue weighted by molar-refractivity contribution is 0.0696. The number of rotatable bonds is 3. The predicted octanol–water partition coefficient (Wildman–Crippen LogP) is 4.64. The Bertz CT molecular complexity index is 627. The van der Waals surface area contributed by atoms with Crippen molar-refractivity contribution in [1.82, 2.24) is 0 Å². The van der Waals surface area contributed by atoms with Crippen LogP contribution in [-0.2, 0) is 0 Å². The summed E-state index contributed by atoms with van der Waals surface area (Å²) < 4.78 is 26.1. The Labute approximate surface area is 113 Å². The first-order valence-electron chi connectivity index (χ1n) is 5.40. The van der Waals surface area contributed by atoms with E-state index >= 15 is 0 Å². The van der Waals surface area contributed by atoms with Gasteiger partial charge in [-0.1, -0.05) is 29.8 Å². The van der Waals surface area contributed by atoms with E-state index in [2.05, 4.69) is 0 Å². The Morgan fingerprint density at radius 1 is 1.16 bits per heavy atom. The highest BCUT2D eigenvalue weighted by Crippen LogP contribution is 2.33. The van der Waals surface area contributed by atoms with E-state index < -0.39 is 12.4 Å². The minimum absolute atomic E-state index is 0.166. The molecule has 0 radical (unpaired) electrons. The Hall–Kier alpha value is -1.94. The Morgan fingerprint density at radius 2 is 1.89 bits per heavy atom. The minimum Gasteiger partial charge on any atom is -0.478 e. The maximum Gasteiger partial charge on any atom is 0.335 e. The van der Waals surface area contributed by atoms with Crippen LogP contribution in [-0.4, -0.2) is 11.1 Å². The molecule has 0 aromatic heterocycles. The number of carboxylic acid groups (broad SMARTS) is 1. The normalized spacial score (nSPS) is 10.7. The smallest absolute Gasteiger partial charge is 0.335 e.